The maximum Gasteiger partial charge on any atom is 0.311 e. The normalized spacial score (nSPS) is 25.8. The van der Waals surface area contributed by atoms with Crippen LogP contribution in [-0.4, -0.2) is 40.6 Å². The molecule has 2 atom stereocenters. The topological polar surface area (TPSA) is 83.9 Å². The number of benzene rings is 1. The Morgan fingerprint density at radius 1 is 1.21 bits per heavy atom. The molecule has 2 aliphatic heterocycles. The predicted octanol–water partition coefficient (Wildman–Crippen LogP) is 0.730. The summed E-state index contributed by atoms with van der Waals surface area (Å²) in [7, 11) is 0. The zero-order chi connectivity index (χ0) is 13.6. The number of carbonyl (C=O) groups is 3. The van der Waals surface area contributed by atoms with E-state index in [2.05, 4.69) is 0 Å². The number of imide groups is 1. The first kappa shape index (κ1) is 11.9. The first-order valence-electron chi connectivity index (χ1n) is 5.92. The summed E-state index contributed by atoms with van der Waals surface area (Å²) in [6.07, 6.45) is -0.710. The van der Waals surface area contributed by atoms with Crippen LogP contribution in [0.15, 0.2) is 24.3 Å². The van der Waals surface area contributed by atoms with E-state index in [-0.39, 0.29) is 6.61 Å². The predicted molar refractivity (Wildman–Crippen MR) is 62.4 cm³/mol. The molecule has 98 valence electrons. The third-order valence-electron chi connectivity index (χ3n) is 3.46. The molecule has 0 aliphatic carbocycles. The average molecular weight is 261 g/mol. The number of carboxylic acids is 1. The number of aliphatic carboxylic acids is 1. The van der Waals surface area contributed by atoms with Gasteiger partial charge in [0.25, 0.3) is 11.8 Å². The summed E-state index contributed by atoms with van der Waals surface area (Å²) in [6, 6.07) is 6.44. The van der Waals surface area contributed by atoms with Crippen LogP contribution in [0, 0.1) is 5.92 Å². The molecule has 1 aromatic carbocycles. The van der Waals surface area contributed by atoms with Gasteiger partial charge in [-0.3, -0.25) is 14.4 Å². The van der Waals surface area contributed by atoms with Crippen molar-refractivity contribution in [2.45, 2.75) is 12.6 Å². The molecule has 0 saturated carbocycles. The second-order valence-corrected chi connectivity index (χ2v) is 4.52. The van der Waals surface area contributed by atoms with Crippen LogP contribution in [0.5, 0.6) is 0 Å². The lowest BCUT2D eigenvalue weighted by Crippen LogP contribution is -2.45. The number of hydrogen-bond donors (Lipinski definition) is 1. The molecular formula is C13H11NO5. The minimum absolute atomic E-state index is 0.231. The van der Waals surface area contributed by atoms with Gasteiger partial charge >= 0.3 is 5.97 Å². The monoisotopic (exact) mass is 261 g/mol. The number of hydrogen-bond acceptors (Lipinski definition) is 4. The standard InChI is InChI=1S/C13H11NO5/c15-10-7-3-1-2-4-8(7)11(16)14(10)12-9(13(17)18)5-6-19-12/h1-4,9,12H,5-6H2,(H,17,18). The van der Waals surface area contributed by atoms with Crippen molar-refractivity contribution in [1.29, 1.82) is 0 Å². The largest absolute Gasteiger partial charge is 0.481 e. The number of ether oxygens (including phenoxy) is 1. The maximum atomic E-state index is 12.2. The van der Waals surface area contributed by atoms with Crippen LogP contribution < -0.4 is 0 Å². The Kier molecular flexibility index (Phi) is 2.60. The fraction of sp³-hybridized carbons (Fsp3) is 0.308. The van der Waals surface area contributed by atoms with E-state index in [1.165, 1.54) is 0 Å². The Balaban J connectivity index is 1.98. The van der Waals surface area contributed by atoms with Crippen molar-refractivity contribution in [3.8, 4) is 0 Å². The van der Waals surface area contributed by atoms with Gasteiger partial charge in [0.15, 0.2) is 6.23 Å². The van der Waals surface area contributed by atoms with Gasteiger partial charge in [0.05, 0.1) is 17.7 Å². The molecule has 0 aromatic heterocycles. The summed E-state index contributed by atoms with van der Waals surface area (Å²) in [4.78, 5) is 36.4. The van der Waals surface area contributed by atoms with Crippen LogP contribution in [-0.2, 0) is 9.53 Å². The Bertz CT molecular complexity index is 547. The van der Waals surface area contributed by atoms with Crippen molar-refractivity contribution >= 4 is 17.8 Å². The van der Waals surface area contributed by atoms with E-state index in [4.69, 9.17) is 9.84 Å². The third kappa shape index (κ3) is 1.64. The Labute approximate surface area is 108 Å². The summed E-state index contributed by atoms with van der Waals surface area (Å²) in [6.45, 7) is 0.231. The van der Waals surface area contributed by atoms with Crippen molar-refractivity contribution in [2.75, 3.05) is 6.61 Å². The lowest BCUT2D eigenvalue weighted by atomic mass is 10.1. The highest BCUT2D eigenvalue weighted by atomic mass is 16.5. The van der Waals surface area contributed by atoms with Crippen LogP contribution in [0.4, 0.5) is 0 Å². The molecule has 3 rings (SSSR count). The first-order valence-corrected chi connectivity index (χ1v) is 5.92. The second-order valence-electron chi connectivity index (χ2n) is 4.52. The van der Waals surface area contributed by atoms with Gasteiger partial charge < -0.3 is 9.84 Å². The van der Waals surface area contributed by atoms with Crippen LogP contribution in [0.1, 0.15) is 27.1 Å². The number of carboxylic acid groups (broad SMARTS) is 1. The van der Waals surface area contributed by atoms with Gasteiger partial charge in [0.1, 0.15) is 5.92 Å². The number of amides is 2. The molecule has 1 aromatic rings. The quantitative estimate of drug-likeness (QED) is 0.793. The third-order valence-corrected chi connectivity index (χ3v) is 3.46. The molecular weight excluding hydrogens is 250 g/mol. The smallest absolute Gasteiger partial charge is 0.311 e. The summed E-state index contributed by atoms with van der Waals surface area (Å²) < 4.78 is 5.29. The van der Waals surface area contributed by atoms with E-state index < -0.39 is 29.9 Å². The van der Waals surface area contributed by atoms with Crippen molar-refractivity contribution in [3.63, 3.8) is 0 Å². The Morgan fingerprint density at radius 2 is 1.79 bits per heavy atom. The van der Waals surface area contributed by atoms with Gasteiger partial charge in [-0.1, -0.05) is 12.1 Å². The molecule has 1 saturated heterocycles. The van der Waals surface area contributed by atoms with Crippen molar-refractivity contribution < 1.29 is 24.2 Å². The Morgan fingerprint density at radius 3 is 2.32 bits per heavy atom. The van der Waals surface area contributed by atoms with Gasteiger partial charge in [0, 0.05) is 0 Å². The van der Waals surface area contributed by atoms with E-state index in [0.29, 0.717) is 17.5 Å². The lowest BCUT2D eigenvalue weighted by Gasteiger charge is -2.24. The van der Waals surface area contributed by atoms with Gasteiger partial charge in [0.2, 0.25) is 0 Å². The molecule has 19 heavy (non-hydrogen) atoms. The maximum absolute atomic E-state index is 12.2. The molecule has 0 radical (unpaired) electrons. The average Bonchev–Trinajstić information content (AvgIpc) is 2.95. The van der Waals surface area contributed by atoms with Gasteiger partial charge in [-0.2, -0.15) is 0 Å². The lowest BCUT2D eigenvalue weighted by molar-refractivity contribution is -0.145. The van der Waals surface area contributed by atoms with Gasteiger partial charge in [-0.15, -0.1) is 0 Å². The number of rotatable bonds is 2. The second kappa shape index (κ2) is 4.17. The summed E-state index contributed by atoms with van der Waals surface area (Å²) in [5.41, 5.74) is 0.597. The van der Waals surface area contributed by atoms with E-state index >= 15 is 0 Å². The summed E-state index contributed by atoms with van der Waals surface area (Å²) >= 11 is 0. The molecule has 0 spiro atoms. The van der Waals surface area contributed by atoms with Gasteiger partial charge in [-0.05, 0) is 18.6 Å². The highest BCUT2D eigenvalue weighted by Gasteiger charge is 2.47. The minimum Gasteiger partial charge on any atom is -0.481 e. The molecule has 1 N–H and O–H groups in total. The number of fused-ring (bicyclic) bond motifs is 1. The Hall–Kier alpha value is -2.21. The number of nitrogens with zero attached hydrogens (tertiary/aromatic N) is 1. The fourth-order valence-electron chi connectivity index (χ4n) is 2.51. The van der Waals surface area contributed by atoms with Gasteiger partial charge in [-0.25, -0.2) is 4.90 Å². The number of carbonyl (C=O) groups excluding carboxylic acids is 2. The highest BCUT2D eigenvalue weighted by molar-refractivity contribution is 6.21. The molecule has 2 heterocycles. The van der Waals surface area contributed by atoms with E-state index in [9.17, 15) is 14.4 Å². The molecule has 1 fully saturated rings. The fourth-order valence-corrected chi connectivity index (χ4v) is 2.51. The van der Waals surface area contributed by atoms with Crippen molar-refractivity contribution in [3.05, 3.63) is 35.4 Å². The van der Waals surface area contributed by atoms with Crippen LogP contribution >= 0.6 is 0 Å². The van der Waals surface area contributed by atoms with Crippen molar-refractivity contribution in [2.24, 2.45) is 5.92 Å². The van der Waals surface area contributed by atoms with Crippen LogP contribution in [0.3, 0.4) is 0 Å². The zero-order valence-corrected chi connectivity index (χ0v) is 9.91. The van der Waals surface area contributed by atoms with Crippen LogP contribution in [0.25, 0.3) is 0 Å². The van der Waals surface area contributed by atoms with E-state index in [0.717, 1.165) is 4.90 Å². The summed E-state index contributed by atoms with van der Waals surface area (Å²) in [5, 5.41) is 9.10. The first-order chi connectivity index (χ1) is 9.11. The molecule has 2 aliphatic rings. The minimum atomic E-state index is -1.06. The van der Waals surface area contributed by atoms with E-state index in [1.807, 2.05) is 0 Å². The van der Waals surface area contributed by atoms with E-state index in [1.54, 1.807) is 24.3 Å². The molecule has 2 amide bonds. The van der Waals surface area contributed by atoms with Crippen LogP contribution in [0.2, 0.25) is 0 Å². The zero-order valence-electron chi connectivity index (χ0n) is 9.91. The highest BCUT2D eigenvalue weighted by Crippen LogP contribution is 2.31. The molecule has 0 bridgehead atoms. The van der Waals surface area contributed by atoms with Crippen molar-refractivity contribution in [1.82, 2.24) is 4.90 Å². The SMILES string of the molecule is O=C(O)C1CCOC1N1C(=O)c2ccccc2C1=O. The molecule has 2 unspecified atom stereocenters. The molecule has 6 heteroatoms. The summed E-state index contributed by atoms with van der Waals surface area (Å²) in [5.74, 6) is -2.89. The molecule has 6 nitrogen and oxygen atoms in total.